The highest BCUT2D eigenvalue weighted by molar-refractivity contribution is 9.10. The highest BCUT2D eigenvalue weighted by atomic mass is 79.9. The normalized spacial score (nSPS) is 12.7. The summed E-state index contributed by atoms with van der Waals surface area (Å²) in [5, 5.41) is 2.91. The van der Waals surface area contributed by atoms with E-state index >= 15 is 0 Å². The number of carbonyl (C=O) groups excluding carboxylic acids is 1. The van der Waals surface area contributed by atoms with Crippen LogP contribution in [0.25, 0.3) is 0 Å². The standard InChI is InChI=1S/C17H18BrNO3S/c1-3-23(21,22)14-10-8-13(9-11-14)17(20)19-12(2)15-6-4-5-7-16(15)18/h4-12H,3H2,1-2H3,(H,19,20). The number of hydrogen-bond acceptors (Lipinski definition) is 3. The maximum atomic E-state index is 12.3. The van der Waals surface area contributed by atoms with Gasteiger partial charge in [0.25, 0.3) is 5.91 Å². The number of nitrogens with one attached hydrogen (secondary N) is 1. The fourth-order valence-corrected chi connectivity index (χ4v) is 3.68. The van der Waals surface area contributed by atoms with Gasteiger partial charge in [-0.1, -0.05) is 41.1 Å². The highest BCUT2D eigenvalue weighted by Gasteiger charge is 2.15. The van der Waals surface area contributed by atoms with Gasteiger partial charge in [0.05, 0.1) is 16.7 Å². The lowest BCUT2D eigenvalue weighted by Crippen LogP contribution is -2.26. The number of hydrogen-bond donors (Lipinski definition) is 1. The Labute approximate surface area is 145 Å². The van der Waals surface area contributed by atoms with Crippen molar-refractivity contribution in [1.29, 1.82) is 0 Å². The molecule has 0 saturated heterocycles. The largest absolute Gasteiger partial charge is 0.345 e. The van der Waals surface area contributed by atoms with Crippen molar-refractivity contribution in [2.75, 3.05) is 5.75 Å². The molecule has 0 aromatic heterocycles. The van der Waals surface area contributed by atoms with Crippen LogP contribution in [0.1, 0.15) is 35.8 Å². The lowest BCUT2D eigenvalue weighted by molar-refractivity contribution is 0.0939. The van der Waals surface area contributed by atoms with Gasteiger partial charge in [-0.3, -0.25) is 4.79 Å². The van der Waals surface area contributed by atoms with Crippen molar-refractivity contribution in [2.45, 2.75) is 24.8 Å². The van der Waals surface area contributed by atoms with Gasteiger partial charge < -0.3 is 5.32 Å². The average Bonchev–Trinajstić information content (AvgIpc) is 2.55. The molecule has 2 aromatic carbocycles. The molecular weight excluding hydrogens is 378 g/mol. The molecule has 0 spiro atoms. The fraction of sp³-hybridized carbons (Fsp3) is 0.235. The van der Waals surface area contributed by atoms with Crippen LogP contribution in [0.3, 0.4) is 0 Å². The Morgan fingerprint density at radius 1 is 1.13 bits per heavy atom. The second-order valence-corrected chi connectivity index (χ2v) is 8.28. The molecule has 0 bridgehead atoms. The van der Waals surface area contributed by atoms with Gasteiger partial charge in [0.1, 0.15) is 0 Å². The predicted octanol–water partition coefficient (Wildman–Crippen LogP) is 3.73. The van der Waals surface area contributed by atoms with Gasteiger partial charge in [-0.05, 0) is 42.8 Å². The van der Waals surface area contributed by atoms with E-state index in [2.05, 4.69) is 21.2 Å². The Morgan fingerprint density at radius 2 is 1.74 bits per heavy atom. The predicted molar refractivity (Wildman–Crippen MR) is 94.2 cm³/mol. The Morgan fingerprint density at radius 3 is 2.30 bits per heavy atom. The van der Waals surface area contributed by atoms with E-state index in [-0.39, 0.29) is 22.6 Å². The van der Waals surface area contributed by atoms with E-state index in [1.807, 2.05) is 31.2 Å². The maximum Gasteiger partial charge on any atom is 0.251 e. The van der Waals surface area contributed by atoms with Gasteiger partial charge in [-0.2, -0.15) is 0 Å². The number of amides is 1. The third-order valence-corrected chi connectivity index (χ3v) is 6.05. The summed E-state index contributed by atoms with van der Waals surface area (Å²) >= 11 is 3.46. The Balaban J connectivity index is 2.14. The third kappa shape index (κ3) is 4.20. The van der Waals surface area contributed by atoms with Crippen LogP contribution in [0.2, 0.25) is 0 Å². The van der Waals surface area contributed by atoms with Crippen LogP contribution in [0.4, 0.5) is 0 Å². The summed E-state index contributed by atoms with van der Waals surface area (Å²) in [6.45, 7) is 3.49. The van der Waals surface area contributed by atoms with Gasteiger partial charge in [0.15, 0.2) is 9.84 Å². The van der Waals surface area contributed by atoms with Crippen LogP contribution in [0, 0.1) is 0 Å². The molecule has 1 unspecified atom stereocenters. The van der Waals surface area contributed by atoms with E-state index in [0.29, 0.717) is 5.56 Å². The first-order valence-electron chi connectivity index (χ1n) is 7.23. The van der Waals surface area contributed by atoms with Crippen LogP contribution in [-0.2, 0) is 9.84 Å². The molecular formula is C17H18BrNO3S. The molecule has 23 heavy (non-hydrogen) atoms. The summed E-state index contributed by atoms with van der Waals surface area (Å²) in [5.41, 5.74) is 1.41. The Bertz CT molecular complexity index is 801. The quantitative estimate of drug-likeness (QED) is 0.838. The van der Waals surface area contributed by atoms with Crippen molar-refractivity contribution in [3.05, 3.63) is 64.1 Å². The van der Waals surface area contributed by atoms with Crippen molar-refractivity contribution >= 4 is 31.7 Å². The number of benzene rings is 2. The summed E-state index contributed by atoms with van der Waals surface area (Å²) in [6, 6.07) is 13.5. The smallest absolute Gasteiger partial charge is 0.251 e. The Kier molecular flexibility index (Phi) is 5.59. The summed E-state index contributed by atoms with van der Waals surface area (Å²) < 4.78 is 24.5. The van der Waals surface area contributed by atoms with Crippen molar-refractivity contribution < 1.29 is 13.2 Å². The number of rotatable bonds is 5. The molecule has 1 atom stereocenters. The molecule has 6 heteroatoms. The monoisotopic (exact) mass is 395 g/mol. The zero-order chi connectivity index (χ0) is 17.0. The molecule has 122 valence electrons. The van der Waals surface area contributed by atoms with Gasteiger partial charge >= 0.3 is 0 Å². The van der Waals surface area contributed by atoms with Crippen LogP contribution in [0.15, 0.2) is 57.9 Å². The Hall–Kier alpha value is -1.66. The van der Waals surface area contributed by atoms with Crippen molar-refractivity contribution in [1.82, 2.24) is 5.32 Å². The SMILES string of the molecule is CCS(=O)(=O)c1ccc(C(=O)NC(C)c2ccccc2Br)cc1. The minimum atomic E-state index is -3.25. The zero-order valence-corrected chi connectivity index (χ0v) is 15.3. The van der Waals surface area contributed by atoms with Crippen molar-refractivity contribution in [3.63, 3.8) is 0 Å². The van der Waals surface area contributed by atoms with Crippen LogP contribution < -0.4 is 5.32 Å². The molecule has 0 fully saturated rings. The minimum absolute atomic E-state index is 0.0393. The summed E-state index contributed by atoms with van der Waals surface area (Å²) in [6.07, 6.45) is 0. The van der Waals surface area contributed by atoms with E-state index in [1.165, 1.54) is 24.3 Å². The summed E-state index contributed by atoms with van der Waals surface area (Å²) in [5.74, 6) is -0.203. The highest BCUT2D eigenvalue weighted by Crippen LogP contribution is 2.23. The molecule has 2 rings (SSSR count). The topological polar surface area (TPSA) is 63.2 Å². The third-order valence-electron chi connectivity index (χ3n) is 3.57. The number of halogens is 1. The van der Waals surface area contributed by atoms with Crippen LogP contribution >= 0.6 is 15.9 Å². The van der Waals surface area contributed by atoms with Crippen molar-refractivity contribution in [2.24, 2.45) is 0 Å². The molecule has 0 saturated carbocycles. The lowest BCUT2D eigenvalue weighted by Gasteiger charge is -2.16. The molecule has 2 aromatic rings. The fourth-order valence-electron chi connectivity index (χ4n) is 2.16. The van der Waals surface area contributed by atoms with Gasteiger partial charge in [0, 0.05) is 10.0 Å². The maximum absolute atomic E-state index is 12.3. The lowest BCUT2D eigenvalue weighted by atomic mass is 10.1. The first-order chi connectivity index (χ1) is 10.8. The minimum Gasteiger partial charge on any atom is -0.345 e. The van der Waals surface area contributed by atoms with Gasteiger partial charge in [-0.15, -0.1) is 0 Å². The van der Waals surface area contributed by atoms with Crippen LogP contribution in [0.5, 0.6) is 0 Å². The second kappa shape index (κ2) is 7.27. The zero-order valence-electron chi connectivity index (χ0n) is 12.9. The van der Waals surface area contributed by atoms with E-state index < -0.39 is 9.84 Å². The molecule has 0 aliphatic heterocycles. The van der Waals surface area contributed by atoms with Crippen LogP contribution in [-0.4, -0.2) is 20.1 Å². The van der Waals surface area contributed by atoms with E-state index in [1.54, 1.807) is 6.92 Å². The molecule has 0 aliphatic rings. The number of sulfone groups is 1. The van der Waals surface area contributed by atoms with E-state index in [0.717, 1.165) is 10.0 Å². The van der Waals surface area contributed by atoms with Gasteiger partial charge in [0.2, 0.25) is 0 Å². The average molecular weight is 396 g/mol. The summed E-state index contributed by atoms with van der Waals surface area (Å²) in [4.78, 5) is 12.5. The van der Waals surface area contributed by atoms with E-state index in [4.69, 9.17) is 0 Å². The molecule has 0 aliphatic carbocycles. The first-order valence-corrected chi connectivity index (χ1v) is 9.68. The van der Waals surface area contributed by atoms with Crippen molar-refractivity contribution in [3.8, 4) is 0 Å². The molecule has 1 N–H and O–H groups in total. The second-order valence-electron chi connectivity index (χ2n) is 5.14. The molecule has 0 radical (unpaired) electrons. The molecule has 0 heterocycles. The van der Waals surface area contributed by atoms with E-state index in [9.17, 15) is 13.2 Å². The van der Waals surface area contributed by atoms with Gasteiger partial charge in [-0.25, -0.2) is 8.42 Å². The molecule has 4 nitrogen and oxygen atoms in total. The molecule has 1 amide bonds. The summed E-state index contributed by atoms with van der Waals surface area (Å²) in [7, 11) is -3.25. The first kappa shape index (κ1) is 17.7. The number of carbonyl (C=O) groups is 1.